The maximum absolute atomic E-state index is 12.8. The molecule has 1 aliphatic rings. The van der Waals surface area contributed by atoms with Crippen molar-refractivity contribution in [3.63, 3.8) is 0 Å². The van der Waals surface area contributed by atoms with Gasteiger partial charge in [-0.05, 0) is 18.6 Å². The van der Waals surface area contributed by atoms with E-state index in [1.54, 1.807) is 12.1 Å². The van der Waals surface area contributed by atoms with Gasteiger partial charge in [0.15, 0.2) is 0 Å². The van der Waals surface area contributed by atoms with Gasteiger partial charge in [0, 0.05) is 17.9 Å². The molecule has 1 heterocycles. The van der Waals surface area contributed by atoms with Gasteiger partial charge in [-0.1, -0.05) is 61.9 Å². The zero-order chi connectivity index (χ0) is 20.5. The monoisotopic (exact) mass is 399 g/mol. The van der Waals surface area contributed by atoms with Crippen LogP contribution < -0.4 is 4.72 Å². The number of amides is 1. The van der Waals surface area contributed by atoms with Crippen LogP contribution >= 0.6 is 0 Å². The number of para-hydroxylation sites is 1. The maximum atomic E-state index is 12.8. The average molecular weight is 400 g/mol. The molecule has 1 amide bonds. The van der Waals surface area contributed by atoms with Crippen LogP contribution in [-0.2, 0) is 14.8 Å². The molecule has 3 rings (SSSR count). The molecule has 0 aliphatic carbocycles. The fourth-order valence-electron chi connectivity index (χ4n) is 3.22. The number of carbonyl (C=O) groups is 1. The van der Waals surface area contributed by atoms with Crippen LogP contribution in [0.2, 0.25) is 0 Å². The molecule has 148 valence electrons. The largest absolute Gasteiger partial charge is 0.283 e. The van der Waals surface area contributed by atoms with Gasteiger partial charge in [-0.2, -0.15) is 5.10 Å². The number of sulfonamides is 1. The van der Waals surface area contributed by atoms with E-state index in [4.69, 9.17) is 0 Å². The number of hydrazone groups is 1. The molecule has 6 nitrogen and oxygen atoms in total. The normalized spacial score (nSPS) is 17.0. The summed E-state index contributed by atoms with van der Waals surface area (Å²) in [4.78, 5) is 12.8. The number of benzene rings is 2. The summed E-state index contributed by atoms with van der Waals surface area (Å²) in [6, 6.07) is 14.8. The maximum Gasteiger partial charge on any atom is 0.245 e. The highest BCUT2D eigenvalue weighted by Crippen LogP contribution is 2.37. The number of rotatable bonds is 5. The van der Waals surface area contributed by atoms with E-state index in [0.29, 0.717) is 12.1 Å². The predicted octanol–water partition coefficient (Wildman–Crippen LogP) is 3.70. The highest BCUT2D eigenvalue weighted by molar-refractivity contribution is 7.92. The second-order valence-electron chi connectivity index (χ2n) is 7.43. The third-order valence-corrected chi connectivity index (χ3v) is 5.22. The first-order valence-corrected chi connectivity index (χ1v) is 11.1. The Hall–Kier alpha value is -2.67. The summed E-state index contributed by atoms with van der Waals surface area (Å²) in [5, 5.41) is 6.13. The van der Waals surface area contributed by atoms with Crippen molar-refractivity contribution in [1.82, 2.24) is 5.01 Å². The summed E-state index contributed by atoms with van der Waals surface area (Å²) in [5.41, 5.74) is 4.12. The molecule has 0 aromatic heterocycles. The number of aryl methyl sites for hydroxylation is 1. The van der Waals surface area contributed by atoms with Crippen molar-refractivity contribution in [2.24, 2.45) is 11.0 Å². The SMILES string of the molecule is Cc1ccc(C2=NN(C(=O)C(C)C)C(c3ccccc3NS(C)(=O)=O)C2)cc1. The summed E-state index contributed by atoms with van der Waals surface area (Å²) in [6.45, 7) is 5.68. The van der Waals surface area contributed by atoms with Gasteiger partial charge in [-0.3, -0.25) is 9.52 Å². The number of carbonyl (C=O) groups excluding carboxylic acids is 1. The third-order valence-electron chi connectivity index (χ3n) is 4.63. The standard InChI is InChI=1S/C21H25N3O3S/c1-14(2)21(25)24-20(13-19(22-24)16-11-9-15(3)10-12-16)17-7-5-6-8-18(17)23-28(4,26)27/h5-12,14,20,23H,13H2,1-4H3. The summed E-state index contributed by atoms with van der Waals surface area (Å²) >= 11 is 0. The van der Waals surface area contributed by atoms with Crippen LogP contribution in [0, 0.1) is 12.8 Å². The van der Waals surface area contributed by atoms with E-state index in [1.807, 2.05) is 57.2 Å². The molecule has 1 atom stereocenters. The van der Waals surface area contributed by atoms with Crippen LogP contribution in [-0.4, -0.2) is 31.3 Å². The van der Waals surface area contributed by atoms with Crippen molar-refractivity contribution in [1.29, 1.82) is 0 Å². The van der Waals surface area contributed by atoms with Gasteiger partial charge < -0.3 is 0 Å². The zero-order valence-electron chi connectivity index (χ0n) is 16.5. The minimum absolute atomic E-state index is 0.0960. The summed E-state index contributed by atoms with van der Waals surface area (Å²) < 4.78 is 26.1. The Morgan fingerprint density at radius 2 is 1.79 bits per heavy atom. The lowest BCUT2D eigenvalue weighted by atomic mass is 9.96. The Bertz CT molecular complexity index is 1010. The summed E-state index contributed by atoms with van der Waals surface area (Å²) in [5.74, 6) is -0.320. The summed E-state index contributed by atoms with van der Waals surface area (Å²) in [7, 11) is -3.44. The van der Waals surface area contributed by atoms with Crippen LogP contribution in [0.4, 0.5) is 5.69 Å². The van der Waals surface area contributed by atoms with Crippen LogP contribution in [0.3, 0.4) is 0 Å². The molecule has 0 spiro atoms. The molecule has 28 heavy (non-hydrogen) atoms. The van der Waals surface area contributed by atoms with Crippen molar-refractivity contribution in [3.8, 4) is 0 Å². The van der Waals surface area contributed by atoms with Gasteiger partial charge >= 0.3 is 0 Å². The number of nitrogens with zero attached hydrogens (tertiary/aromatic N) is 2. The van der Waals surface area contributed by atoms with E-state index >= 15 is 0 Å². The number of anilines is 1. The fourth-order valence-corrected chi connectivity index (χ4v) is 3.81. The third kappa shape index (κ3) is 4.42. The van der Waals surface area contributed by atoms with E-state index in [1.165, 1.54) is 5.01 Å². The van der Waals surface area contributed by atoms with Crippen LogP contribution in [0.15, 0.2) is 53.6 Å². The molecule has 0 saturated carbocycles. The van der Waals surface area contributed by atoms with Crippen LogP contribution in [0.1, 0.15) is 43.0 Å². The van der Waals surface area contributed by atoms with Gasteiger partial charge in [0.25, 0.3) is 0 Å². The molecule has 2 aromatic rings. The van der Waals surface area contributed by atoms with E-state index < -0.39 is 10.0 Å². The smallest absolute Gasteiger partial charge is 0.245 e. The molecule has 1 aliphatic heterocycles. The minimum atomic E-state index is -3.44. The van der Waals surface area contributed by atoms with Crippen molar-refractivity contribution in [2.45, 2.75) is 33.2 Å². The Morgan fingerprint density at radius 1 is 1.14 bits per heavy atom. The molecule has 1 unspecified atom stereocenters. The second kappa shape index (κ2) is 7.75. The second-order valence-corrected chi connectivity index (χ2v) is 9.18. The fraction of sp³-hybridized carbons (Fsp3) is 0.333. The Labute approximate surface area is 166 Å². The van der Waals surface area contributed by atoms with Gasteiger partial charge in [0.05, 0.1) is 23.7 Å². The number of hydrogen-bond donors (Lipinski definition) is 1. The van der Waals surface area contributed by atoms with Gasteiger partial charge in [0.1, 0.15) is 0 Å². The van der Waals surface area contributed by atoms with Crippen molar-refractivity contribution in [2.75, 3.05) is 11.0 Å². The molecular weight excluding hydrogens is 374 g/mol. The number of nitrogens with one attached hydrogen (secondary N) is 1. The quantitative estimate of drug-likeness (QED) is 0.833. The van der Waals surface area contributed by atoms with Gasteiger partial charge in [-0.25, -0.2) is 13.4 Å². The van der Waals surface area contributed by atoms with Crippen molar-refractivity contribution < 1.29 is 13.2 Å². The van der Waals surface area contributed by atoms with Crippen molar-refractivity contribution >= 4 is 27.3 Å². The Kier molecular flexibility index (Phi) is 5.56. The van der Waals surface area contributed by atoms with E-state index in [2.05, 4.69) is 9.82 Å². The molecule has 0 radical (unpaired) electrons. The van der Waals surface area contributed by atoms with Gasteiger partial charge in [-0.15, -0.1) is 0 Å². The Balaban J connectivity index is 2.03. The van der Waals surface area contributed by atoms with E-state index in [-0.39, 0.29) is 17.9 Å². The van der Waals surface area contributed by atoms with Gasteiger partial charge in [0.2, 0.25) is 15.9 Å². The molecule has 2 aromatic carbocycles. The molecule has 7 heteroatoms. The first kappa shape index (κ1) is 20.1. The molecule has 0 fully saturated rings. The first-order chi connectivity index (χ1) is 13.2. The lowest BCUT2D eigenvalue weighted by Crippen LogP contribution is -2.31. The predicted molar refractivity (Wildman–Crippen MR) is 112 cm³/mol. The molecule has 0 bridgehead atoms. The van der Waals surface area contributed by atoms with Crippen LogP contribution in [0.25, 0.3) is 0 Å². The van der Waals surface area contributed by atoms with E-state index in [9.17, 15) is 13.2 Å². The minimum Gasteiger partial charge on any atom is -0.283 e. The van der Waals surface area contributed by atoms with E-state index in [0.717, 1.165) is 28.7 Å². The molecule has 1 N–H and O–H groups in total. The van der Waals surface area contributed by atoms with Crippen molar-refractivity contribution in [3.05, 3.63) is 65.2 Å². The molecule has 0 saturated heterocycles. The zero-order valence-corrected chi connectivity index (χ0v) is 17.3. The highest BCUT2D eigenvalue weighted by Gasteiger charge is 2.35. The highest BCUT2D eigenvalue weighted by atomic mass is 32.2. The topological polar surface area (TPSA) is 78.8 Å². The Morgan fingerprint density at radius 3 is 2.39 bits per heavy atom. The summed E-state index contributed by atoms with van der Waals surface area (Å²) in [6.07, 6.45) is 1.63. The number of hydrogen-bond acceptors (Lipinski definition) is 4. The first-order valence-electron chi connectivity index (χ1n) is 9.20. The molecular formula is C21H25N3O3S. The van der Waals surface area contributed by atoms with Crippen LogP contribution in [0.5, 0.6) is 0 Å². The lowest BCUT2D eigenvalue weighted by Gasteiger charge is -2.25. The average Bonchev–Trinajstić information content (AvgIpc) is 3.05. The lowest BCUT2D eigenvalue weighted by molar-refractivity contribution is -0.136.